The van der Waals surface area contributed by atoms with Gasteiger partial charge in [0, 0.05) is 5.92 Å². The van der Waals surface area contributed by atoms with Crippen molar-refractivity contribution in [3.05, 3.63) is 11.6 Å². The molecule has 0 radical (unpaired) electrons. The van der Waals surface area contributed by atoms with Gasteiger partial charge in [0.15, 0.2) is 0 Å². The molecule has 4 rings (SSSR count). The summed E-state index contributed by atoms with van der Waals surface area (Å²) in [4.78, 5) is 12.4. The molecule has 0 spiro atoms. The van der Waals surface area contributed by atoms with Gasteiger partial charge in [-0.2, -0.15) is 0 Å². The van der Waals surface area contributed by atoms with E-state index in [2.05, 4.69) is 40.7 Å². The summed E-state index contributed by atoms with van der Waals surface area (Å²) in [5.74, 6) is 1.84. The van der Waals surface area contributed by atoms with Crippen LogP contribution in [-0.4, -0.2) is 17.0 Å². The Hall–Kier alpha value is -0.630. The van der Waals surface area contributed by atoms with Gasteiger partial charge < -0.3 is 5.11 Å². The second-order valence-corrected chi connectivity index (χ2v) is 11.4. The molecule has 0 unspecified atom stereocenters. The quantitative estimate of drug-likeness (QED) is 0.625. The predicted molar refractivity (Wildman–Crippen MR) is 106 cm³/mol. The summed E-state index contributed by atoms with van der Waals surface area (Å²) in [6, 6.07) is 0. The lowest BCUT2D eigenvalue weighted by molar-refractivity contribution is -0.136. The van der Waals surface area contributed by atoms with Crippen molar-refractivity contribution in [3.63, 3.8) is 0 Å². The highest BCUT2D eigenvalue weighted by molar-refractivity contribution is 5.80. The molecule has 146 valence electrons. The normalized spacial score (nSPS) is 52.5. The topological polar surface area (TPSA) is 37.3 Å². The maximum atomic E-state index is 12.4. The number of carbonyl (C=O) groups is 1. The van der Waals surface area contributed by atoms with E-state index in [0.29, 0.717) is 23.0 Å². The van der Waals surface area contributed by atoms with Gasteiger partial charge in [0.2, 0.25) is 0 Å². The zero-order valence-electron chi connectivity index (χ0n) is 17.7. The lowest BCUT2D eigenvalue weighted by Crippen LogP contribution is -2.58. The summed E-state index contributed by atoms with van der Waals surface area (Å²) in [6.07, 6.45) is 10.2. The van der Waals surface area contributed by atoms with Crippen LogP contribution in [0.3, 0.4) is 0 Å². The number of hydrogen-bond donors (Lipinski definition) is 1. The highest BCUT2D eigenvalue weighted by Gasteiger charge is 2.65. The van der Waals surface area contributed by atoms with Crippen LogP contribution in [0.5, 0.6) is 0 Å². The van der Waals surface area contributed by atoms with Gasteiger partial charge in [-0.25, -0.2) is 0 Å². The van der Waals surface area contributed by atoms with Crippen molar-refractivity contribution < 1.29 is 9.90 Å². The maximum absolute atomic E-state index is 12.4. The number of fused-ring (bicyclic) bond motifs is 5. The van der Waals surface area contributed by atoms with Crippen molar-refractivity contribution in [1.82, 2.24) is 0 Å². The number of Topliss-reactive ketones (excluding diaryl/α,β-unsaturated/α-hetero) is 1. The molecule has 0 aromatic heterocycles. The van der Waals surface area contributed by atoms with Crippen LogP contribution in [-0.2, 0) is 4.79 Å². The molecule has 2 heteroatoms. The fraction of sp³-hybridized carbons (Fsp3) is 0.875. The van der Waals surface area contributed by atoms with Crippen LogP contribution < -0.4 is 0 Å². The Morgan fingerprint density at radius 1 is 1.04 bits per heavy atom. The van der Waals surface area contributed by atoms with Crippen molar-refractivity contribution in [2.24, 2.45) is 39.4 Å². The monoisotopic (exact) mass is 358 g/mol. The number of allylic oxidation sites excluding steroid dienone is 2. The Balaban J connectivity index is 1.77. The first-order valence-electron chi connectivity index (χ1n) is 10.9. The Kier molecular flexibility index (Phi) is 3.93. The van der Waals surface area contributed by atoms with Gasteiger partial charge in [-0.05, 0) is 85.4 Å². The summed E-state index contributed by atoms with van der Waals surface area (Å²) >= 11 is 0. The number of aliphatic hydroxyl groups excluding tert-OH is 1. The first-order valence-corrected chi connectivity index (χ1v) is 10.9. The van der Waals surface area contributed by atoms with Gasteiger partial charge in [-0.1, -0.05) is 46.3 Å². The average Bonchev–Trinajstić information content (AvgIpc) is 2.84. The number of ketones is 1. The van der Waals surface area contributed by atoms with E-state index in [9.17, 15) is 9.90 Å². The summed E-state index contributed by atoms with van der Waals surface area (Å²) in [5, 5.41) is 10.7. The van der Waals surface area contributed by atoms with Gasteiger partial charge >= 0.3 is 0 Å². The van der Waals surface area contributed by atoms with E-state index in [1.165, 1.54) is 19.3 Å². The van der Waals surface area contributed by atoms with Crippen molar-refractivity contribution in [2.75, 3.05) is 0 Å². The average molecular weight is 359 g/mol. The Labute approximate surface area is 159 Å². The molecule has 2 nitrogen and oxygen atoms in total. The van der Waals surface area contributed by atoms with E-state index in [4.69, 9.17) is 0 Å². The Morgan fingerprint density at radius 2 is 1.73 bits per heavy atom. The zero-order valence-corrected chi connectivity index (χ0v) is 17.7. The lowest BCUT2D eigenvalue weighted by atomic mass is 9.41. The minimum Gasteiger partial charge on any atom is -0.393 e. The fourth-order valence-electron chi connectivity index (χ4n) is 8.35. The minimum atomic E-state index is -0.173. The second-order valence-electron chi connectivity index (χ2n) is 11.4. The van der Waals surface area contributed by atoms with E-state index in [1.54, 1.807) is 5.57 Å². The first-order chi connectivity index (χ1) is 12.0. The highest BCUT2D eigenvalue weighted by Crippen LogP contribution is 2.72. The summed E-state index contributed by atoms with van der Waals surface area (Å²) in [6.45, 7) is 13.8. The van der Waals surface area contributed by atoms with Crippen molar-refractivity contribution >= 4 is 5.78 Å². The van der Waals surface area contributed by atoms with Crippen molar-refractivity contribution in [1.29, 1.82) is 0 Å². The van der Waals surface area contributed by atoms with Gasteiger partial charge in [-0.3, -0.25) is 4.79 Å². The third-order valence-corrected chi connectivity index (χ3v) is 10.3. The molecular formula is C24H38O2. The van der Waals surface area contributed by atoms with E-state index < -0.39 is 0 Å². The molecule has 26 heavy (non-hydrogen) atoms. The van der Waals surface area contributed by atoms with E-state index in [-0.39, 0.29) is 28.3 Å². The van der Waals surface area contributed by atoms with Crippen molar-refractivity contribution in [3.8, 4) is 0 Å². The van der Waals surface area contributed by atoms with Crippen LogP contribution in [0.1, 0.15) is 86.5 Å². The molecule has 4 aliphatic carbocycles. The number of hydrogen-bond acceptors (Lipinski definition) is 2. The molecule has 0 aromatic rings. The van der Waals surface area contributed by atoms with Crippen LogP contribution >= 0.6 is 0 Å². The number of aliphatic hydroxyl groups is 1. The molecule has 0 bridgehead atoms. The maximum Gasteiger partial charge on any atom is 0.133 e. The molecule has 7 atom stereocenters. The standard InChI is InChI=1S/C24H38O2/c1-15(25)16-9-13-24(6)18-7-8-19-21(2,3)20(26)11-12-22(19,4)17(18)10-14-23(16,24)5/h7,16-17,19-20,26H,8-14H2,1-6H3/t16-,17-,19-,20+,22+,23-,24+/m0/s1. The van der Waals surface area contributed by atoms with Crippen molar-refractivity contribution in [2.45, 2.75) is 92.6 Å². The molecule has 0 heterocycles. The van der Waals surface area contributed by atoms with Crippen LogP contribution in [0.15, 0.2) is 11.6 Å². The summed E-state index contributed by atoms with van der Waals surface area (Å²) < 4.78 is 0. The molecule has 1 N–H and O–H groups in total. The van der Waals surface area contributed by atoms with E-state index in [1.807, 2.05) is 6.92 Å². The molecule has 3 fully saturated rings. The largest absolute Gasteiger partial charge is 0.393 e. The molecule has 0 amide bonds. The highest BCUT2D eigenvalue weighted by atomic mass is 16.3. The molecule has 0 aromatic carbocycles. The molecule has 0 saturated heterocycles. The Morgan fingerprint density at radius 3 is 2.38 bits per heavy atom. The van der Waals surface area contributed by atoms with E-state index >= 15 is 0 Å². The van der Waals surface area contributed by atoms with Crippen LogP contribution in [0.2, 0.25) is 0 Å². The lowest BCUT2D eigenvalue weighted by Gasteiger charge is -2.64. The smallest absolute Gasteiger partial charge is 0.133 e. The third kappa shape index (κ3) is 2.06. The second kappa shape index (κ2) is 5.46. The van der Waals surface area contributed by atoms with E-state index in [0.717, 1.165) is 25.7 Å². The number of rotatable bonds is 1. The molecule has 4 aliphatic rings. The predicted octanol–water partition coefficient (Wildman–Crippen LogP) is 5.54. The summed E-state index contributed by atoms with van der Waals surface area (Å²) in [5.41, 5.74) is 2.29. The van der Waals surface area contributed by atoms with Gasteiger partial charge in [0.25, 0.3) is 0 Å². The van der Waals surface area contributed by atoms with Gasteiger partial charge in [0.1, 0.15) is 5.78 Å². The van der Waals surface area contributed by atoms with Crippen LogP contribution in [0.25, 0.3) is 0 Å². The third-order valence-electron chi connectivity index (χ3n) is 10.3. The molecular weight excluding hydrogens is 320 g/mol. The SMILES string of the molecule is CC(=O)[C@@H]1CC[C@]2(C)C3=CC[C@H]4C(C)(C)[C@H](O)CC[C@]4(C)[C@H]3CC[C@@]12C. The van der Waals surface area contributed by atoms with Gasteiger partial charge in [-0.15, -0.1) is 0 Å². The number of carbonyl (C=O) groups excluding carboxylic acids is 1. The van der Waals surface area contributed by atoms with Crippen LogP contribution in [0, 0.1) is 39.4 Å². The zero-order chi connectivity index (χ0) is 19.1. The fourth-order valence-corrected chi connectivity index (χ4v) is 8.35. The molecule has 0 aliphatic heterocycles. The summed E-state index contributed by atoms with van der Waals surface area (Å²) in [7, 11) is 0. The molecule has 3 saturated carbocycles. The van der Waals surface area contributed by atoms with Crippen LogP contribution in [0.4, 0.5) is 0 Å². The Bertz CT molecular complexity index is 661. The minimum absolute atomic E-state index is 0.00567. The van der Waals surface area contributed by atoms with Gasteiger partial charge in [0.05, 0.1) is 6.10 Å². The first kappa shape index (κ1) is 18.7.